The van der Waals surface area contributed by atoms with E-state index in [2.05, 4.69) is 49.4 Å². The van der Waals surface area contributed by atoms with Gasteiger partial charge in [0.1, 0.15) is 0 Å². The standard InChI is InChI=1S/C12H16Br2N2O/c1-3-4-15-7-11(17)16-12-9(13)5-8(2)6-10(12)14/h5-6,15H,3-4,7H2,1-2H3,(H,16,17). The number of halogens is 2. The topological polar surface area (TPSA) is 41.1 Å². The lowest BCUT2D eigenvalue weighted by Gasteiger charge is -2.11. The average Bonchev–Trinajstić information content (AvgIpc) is 2.24. The first kappa shape index (κ1) is 14.7. The molecule has 0 aliphatic carbocycles. The van der Waals surface area contributed by atoms with Gasteiger partial charge >= 0.3 is 0 Å². The summed E-state index contributed by atoms with van der Waals surface area (Å²) in [5.41, 5.74) is 1.91. The molecular weight excluding hydrogens is 348 g/mol. The molecule has 0 saturated carbocycles. The van der Waals surface area contributed by atoms with Crippen molar-refractivity contribution in [3.63, 3.8) is 0 Å². The minimum atomic E-state index is -0.0382. The first-order chi connectivity index (χ1) is 8.04. The van der Waals surface area contributed by atoms with Crippen LogP contribution in [0.15, 0.2) is 21.1 Å². The van der Waals surface area contributed by atoms with Crippen LogP contribution in [0.4, 0.5) is 5.69 Å². The van der Waals surface area contributed by atoms with Gasteiger partial charge in [0.25, 0.3) is 0 Å². The molecule has 0 aromatic heterocycles. The summed E-state index contributed by atoms with van der Waals surface area (Å²) in [5.74, 6) is -0.0382. The van der Waals surface area contributed by atoms with Gasteiger partial charge in [-0.05, 0) is 69.4 Å². The lowest BCUT2D eigenvalue weighted by molar-refractivity contribution is -0.115. The van der Waals surface area contributed by atoms with Crippen LogP contribution in [0.25, 0.3) is 0 Å². The van der Waals surface area contributed by atoms with Crippen molar-refractivity contribution in [1.29, 1.82) is 0 Å². The molecule has 0 bridgehead atoms. The number of carbonyl (C=O) groups is 1. The van der Waals surface area contributed by atoms with E-state index in [4.69, 9.17) is 0 Å². The normalized spacial score (nSPS) is 10.4. The van der Waals surface area contributed by atoms with Crippen molar-refractivity contribution in [1.82, 2.24) is 5.32 Å². The Balaban J connectivity index is 2.65. The molecule has 1 rings (SSSR count). The molecule has 0 aliphatic heterocycles. The van der Waals surface area contributed by atoms with Gasteiger partial charge < -0.3 is 10.6 Å². The minimum Gasteiger partial charge on any atom is -0.323 e. The highest BCUT2D eigenvalue weighted by molar-refractivity contribution is 9.11. The number of rotatable bonds is 5. The summed E-state index contributed by atoms with van der Waals surface area (Å²) in [6.45, 7) is 5.26. The Morgan fingerprint density at radius 1 is 1.29 bits per heavy atom. The lowest BCUT2D eigenvalue weighted by atomic mass is 10.2. The summed E-state index contributed by atoms with van der Waals surface area (Å²) >= 11 is 6.89. The van der Waals surface area contributed by atoms with Crippen LogP contribution in [0.2, 0.25) is 0 Å². The smallest absolute Gasteiger partial charge is 0.238 e. The highest BCUT2D eigenvalue weighted by Gasteiger charge is 2.09. The summed E-state index contributed by atoms with van der Waals surface area (Å²) < 4.78 is 1.77. The molecule has 17 heavy (non-hydrogen) atoms. The molecule has 94 valence electrons. The van der Waals surface area contributed by atoms with E-state index in [0.29, 0.717) is 6.54 Å². The molecule has 0 heterocycles. The van der Waals surface area contributed by atoms with Crippen molar-refractivity contribution in [2.75, 3.05) is 18.4 Å². The third-order valence-electron chi connectivity index (χ3n) is 2.16. The maximum absolute atomic E-state index is 11.7. The van der Waals surface area contributed by atoms with E-state index >= 15 is 0 Å². The van der Waals surface area contributed by atoms with E-state index in [-0.39, 0.29) is 5.91 Å². The molecule has 0 fully saturated rings. The van der Waals surface area contributed by atoms with E-state index in [0.717, 1.165) is 33.2 Å². The summed E-state index contributed by atoms with van der Waals surface area (Å²) in [7, 11) is 0. The molecular formula is C12H16Br2N2O. The summed E-state index contributed by atoms with van der Waals surface area (Å²) in [4.78, 5) is 11.7. The van der Waals surface area contributed by atoms with Crippen LogP contribution >= 0.6 is 31.9 Å². The molecule has 5 heteroatoms. The molecule has 1 aromatic rings. The predicted molar refractivity (Wildman–Crippen MR) is 78.4 cm³/mol. The molecule has 0 radical (unpaired) electrons. The monoisotopic (exact) mass is 362 g/mol. The fourth-order valence-corrected chi connectivity index (χ4v) is 3.00. The van der Waals surface area contributed by atoms with Gasteiger partial charge in [-0.15, -0.1) is 0 Å². The van der Waals surface area contributed by atoms with Crippen molar-refractivity contribution in [2.45, 2.75) is 20.3 Å². The molecule has 0 spiro atoms. The van der Waals surface area contributed by atoms with Crippen molar-refractivity contribution >= 4 is 43.5 Å². The number of hydrogen-bond donors (Lipinski definition) is 2. The zero-order chi connectivity index (χ0) is 12.8. The fourth-order valence-electron chi connectivity index (χ4n) is 1.38. The third-order valence-corrected chi connectivity index (χ3v) is 3.41. The molecule has 0 saturated heterocycles. The SMILES string of the molecule is CCCNCC(=O)Nc1c(Br)cc(C)cc1Br. The van der Waals surface area contributed by atoms with Gasteiger partial charge in [-0.3, -0.25) is 4.79 Å². The minimum absolute atomic E-state index is 0.0382. The predicted octanol–water partition coefficient (Wildman–Crippen LogP) is 3.46. The summed E-state index contributed by atoms with van der Waals surface area (Å²) in [5, 5.41) is 5.93. The molecule has 3 nitrogen and oxygen atoms in total. The first-order valence-corrected chi connectivity index (χ1v) is 7.09. The van der Waals surface area contributed by atoms with Crippen LogP contribution in [0.5, 0.6) is 0 Å². The maximum atomic E-state index is 11.7. The molecule has 0 atom stereocenters. The Bertz CT molecular complexity index is 384. The lowest BCUT2D eigenvalue weighted by Crippen LogP contribution is -2.28. The molecule has 2 N–H and O–H groups in total. The molecule has 0 aliphatic rings. The number of anilines is 1. The van der Waals surface area contributed by atoms with Crippen LogP contribution in [0.3, 0.4) is 0 Å². The van der Waals surface area contributed by atoms with Crippen molar-refractivity contribution in [2.24, 2.45) is 0 Å². The fraction of sp³-hybridized carbons (Fsp3) is 0.417. The Labute approximate surface area is 119 Å². The largest absolute Gasteiger partial charge is 0.323 e. The van der Waals surface area contributed by atoms with Crippen LogP contribution in [0.1, 0.15) is 18.9 Å². The number of hydrogen-bond acceptors (Lipinski definition) is 2. The molecule has 0 unspecified atom stereocenters. The van der Waals surface area contributed by atoms with Crippen molar-refractivity contribution < 1.29 is 4.79 Å². The second kappa shape index (κ2) is 7.13. The van der Waals surface area contributed by atoms with Crippen LogP contribution in [-0.2, 0) is 4.79 Å². The molecule has 1 amide bonds. The summed E-state index contributed by atoms with van der Waals surface area (Å²) in [6, 6.07) is 3.94. The zero-order valence-corrected chi connectivity index (χ0v) is 13.1. The molecule has 1 aromatic carbocycles. The Hall–Kier alpha value is -0.390. The van der Waals surface area contributed by atoms with E-state index < -0.39 is 0 Å². The van der Waals surface area contributed by atoms with Gasteiger partial charge in [-0.1, -0.05) is 6.92 Å². The van der Waals surface area contributed by atoms with Gasteiger partial charge in [0.15, 0.2) is 0 Å². The third kappa shape index (κ3) is 4.77. The van der Waals surface area contributed by atoms with Gasteiger partial charge in [0.2, 0.25) is 5.91 Å². The first-order valence-electron chi connectivity index (χ1n) is 5.50. The second-order valence-corrected chi connectivity index (χ2v) is 5.54. The number of benzene rings is 1. The number of amides is 1. The average molecular weight is 364 g/mol. The van der Waals surface area contributed by atoms with E-state index in [1.807, 2.05) is 19.1 Å². The van der Waals surface area contributed by atoms with Gasteiger partial charge in [0.05, 0.1) is 12.2 Å². The number of aryl methyl sites for hydroxylation is 1. The number of nitrogens with one attached hydrogen (secondary N) is 2. The van der Waals surface area contributed by atoms with Crippen LogP contribution in [0, 0.1) is 6.92 Å². The van der Waals surface area contributed by atoms with E-state index in [1.54, 1.807) is 0 Å². The van der Waals surface area contributed by atoms with Gasteiger partial charge in [0, 0.05) is 8.95 Å². The van der Waals surface area contributed by atoms with Crippen molar-refractivity contribution in [3.05, 3.63) is 26.6 Å². The maximum Gasteiger partial charge on any atom is 0.238 e. The van der Waals surface area contributed by atoms with E-state index in [1.165, 1.54) is 0 Å². The Kier molecular flexibility index (Phi) is 6.16. The van der Waals surface area contributed by atoms with Crippen LogP contribution in [-0.4, -0.2) is 19.0 Å². The summed E-state index contributed by atoms with van der Waals surface area (Å²) in [6.07, 6.45) is 1.02. The van der Waals surface area contributed by atoms with E-state index in [9.17, 15) is 4.79 Å². The Morgan fingerprint density at radius 3 is 2.41 bits per heavy atom. The van der Waals surface area contributed by atoms with Gasteiger partial charge in [-0.25, -0.2) is 0 Å². The zero-order valence-electron chi connectivity index (χ0n) is 9.94. The second-order valence-electron chi connectivity index (χ2n) is 3.83. The van der Waals surface area contributed by atoms with Crippen molar-refractivity contribution in [3.8, 4) is 0 Å². The Morgan fingerprint density at radius 2 is 1.88 bits per heavy atom. The van der Waals surface area contributed by atoms with Gasteiger partial charge in [-0.2, -0.15) is 0 Å². The number of carbonyl (C=O) groups excluding carboxylic acids is 1. The highest BCUT2D eigenvalue weighted by Crippen LogP contribution is 2.32. The van der Waals surface area contributed by atoms with Crippen LogP contribution < -0.4 is 10.6 Å². The quantitative estimate of drug-likeness (QED) is 0.786. The highest BCUT2D eigenvalue weighted by atomic mass is 79.9.